The number of benzene rings is 3. The standard InChI is InChI=1S/C31H35NO8/c1-3-24(19-7-5-4-6-8-19)25(20-9-13-22(14-10-20)38-18-17-32-2)21-11-15-23(16-12-21)39-31-28(35)26(33)27(34)29(40-31)30(36)37/h4-16,26-29,31-35H,3,17-18H2,1-2H3,(H,36,37)/t26-,27-,28-,29?,31+/m0/s1. The lowest BCUT2D eigenvalue weighted by Crippen LogP contribution is -2.61. The third-order valence-electron chi connectivity index (χ3n) is 6.75. The number of likely N-dealkylation sites (N-methyl/N-ethyl adjacent to an activating group) is 1. The van der Waals surface area contributed by atoms with Gasteiger partial charge < -0.3 is 40.0 Å². The number of carboxylic acids is 1. The van der Waals surface area contributed by atoms with Gasteiger partial charge in [0.25, 0.3) is 0 Å². The van der Waals surface area contributed by atoms with Crippen LogP contribution in [0.5, 0.6) is 11.5 Å². The number of allylic oxidation sites excluding steroid dienone is 1. The highest BCUT2D eigenvalue weighted by Crippen LogP contribution is 2.36. The van der Waals surface area contributed by atoms with Crippen LogP contribution >= 0.6 is 0 Å². The van der Waals surface area contributed by atoms with Crippen molar-refractivity contribution in [3.05, 3.63) is 95.6 Å². The lowest BCUT2D eigenvalue weighted by Gasteiger charge is -2.38. The molecule has 0 saturated carbocycles. The van der Waals surface area contributed by atoms with Crippen molar-refractivity contribution < 1.29 is 39.4 Å². The molecule has 212 valence electrons. The van der Waals surface area contributed by atoms with E-state index >= 15 is 0 Å². The van der Waals surface area contributed by atoms with Gasteiger partial charge in [-0.3, -0.25) is 0 Å². The zero-order chi connectivity index (χ0) is 28.6. The van der Waals surface area contributed by atoms with Gasteiger partial charge in [0.2, 0.25) is 6.29 Å². The third-order valence-corrected chi connectivity index (χ3v) is 6.75. The van der Waals surface area contributed by atoms with Crippen LogP contribution in [0.25, 0.3) is 11.1 Å². The highest BCUT2D eigenvalue weighted by atomic mass is 16.7. The van der Waals surface area contributed by atoms with Crippen molar-refractivity contribution in [1.82, 2.24) is 5.32 Å². The van der Waals surface area contributed by atoms with Gasteiger partial charge in [0.1, 0.15) is 36.4 Å². The van der Waals surface area contributed by atoms with Gasteiger partial charge in [0.05, 0.1) is 0 Å². The molecular formula is C31H35NO8. The van der Waals surface area contributed by atoms with Crippen molar-refractivity contribution in [1.29, 1.82) is 0 Å². The maximum Gasteiger partial charge on any atom is 0.335 e. The fourth-order valence-corrected chi connectivity index (χ4v) is 4.65. The van der Waals surface area contributed by atoms with Crippen molar-refractivity contribution in [2.24, 2.45) is 0 Å². The van der Waals surface area contributed by atoms with Crippen LogP contribution in [-0.4, -0.2) is 77.3 Å². The first-order valence-corrected chi connectivity index (χ1v) is 13.2. The number of aliphatic hydroxyl groups excluding tert-OH is 3. The van der Waals surface area contributed by atoms with E-state index in [1.807, 2.05) is 61.6 Å². The van der Waals surface area contributed by atoms with Gasteiger partial charge in [-0.25, -0.2) is 4.79 Å². The first kappa shape index (κ1) is 29.3. The van der Waals surface area contributed by atoms with Crippen LogP contribution in [0.4, 0.5) is 0 Å². The van der Waals surface area contributed by atoms with Crippen LogP contribution in [0.1, 0.15) is 30.0 Å². The van der Waals surface area contributed by atoms with Crippen LogP contribution in [0.3, 0.4) is 0 Å². The summed E-state index contributed by atoms with van der Waals surface area (Å²) in [7, 11) is 1.88. The normalized spacial score (nSPS) is 23.3. The Morgan fingerprint density at radius 3 is 1.98 bits per heavy atom. The first-order chi connectivity index (χ1) is 19.3. The van der Waals surface area contributed by atoms with Crippen LogP contribution < -0.4 is 14.8 Å². The average molecular weight is 550 g/mol. The molecule has 0 spiro atoms. The Kier molecular flexibility index (Phi) is 9.92. The fourth-order valence-electron chi connectivity index (χ4n) is 4.65. The van der Waals surface area contributed by atoms with Crippen molar-refractivity contribution >= 4 is 17.1 Å². The van der Waals surface area contributed by atoms with E-state index in [4.69, 9.17) is 14.2 Å². The van der Waals surface area contributed by atoms with Crippen molar-refractivity contribution in [2.75, 3.05) is 20.2 Å². The molecule has 9 nitrogen and oxygen atoms in total. The summed E-state index contributed by atoms with van der Waals surface area (Å²) >= 11 is 0. The molecule has 0 aliphatic carbocycles. The Morgan fingerprint density at radius 1 is 0.825 bits per heavy atom. The molecule has 3 aromatic rings. The van der Waals surface area contributed by atoms with E-state index in [1.165, 1.54) is 0 Å². The highest BCUT2D eigenvalue weighted by molar-refractivity contribution is 5.98. The van der Waals surface area contributed by atoms with E-state index in [1.54, 1.807) is 12.1 Å². The number of aliphatic hydroxyl groups is 3. The Balaban J connectivity index is 1.65. The maximum absolute atomic E-state index is 11.4. The monoisotopic (exact) mass is 549 g/mol. The SMILES string of the molecule is CCC(=C(c1ccc(OCCNC)cc1)c1ccc(O[C@@H]2OC(C(=O)O)[C@@H](O)[C@H](O)[C@@H]2O)cc1)c1ccccc1. The number of nitrogens with one attached hydrogen (secondary N) is 1. The topological polar surface area (TPSA) is 138 Å². The van der Waals surface area contributed by atoms with Crippen LogP contribution in [0, 0.1) is 0 Å². The van der Waals surface area contributed by atoms with E-state index in [9.17, 15) is 25.2 Å². The van der Waals surface area contributed by atoms with Crippen molar-refractivity contribution in [3.8, 4) is 11.5 Å². The summed E-state index contributed by atoms with van der Waals surface area (Å²) in [4.78, 5) is 11.4. The maximum atomic E-state index is 11.4. The van der Waals surface area contributed by atoms with Gasteiger partial charge in [0.15, 0.2) is 6.10 Å². The third kappa shape index (κ3) is 6.70. The molecule has 0 aromatic heterocycles. The summed E-state index contributed by atoms with van der Waals surface area (Å²) < 4.78 is 16.7. The van der Waals surface area contributed by atoms with Crippen LogP contribution in [0.2, 0.25) is 0 Å². The van der Waals surface area contributed by atoms with Gasteiger partial charge in [0, 0.05) is 6.54 Å². The first-order valence-electron chi connectivity index (χ1n) is 13.2. The quantitative estimate of drug-likeness (QED) is 0.181. The molecule has 40 heavy (non-hydrogen) atoms. The Bertz CT molecular complexity index is 1280. The molecule has 0 bridgehead atoms. The van der Waals surface area contributed by atoms with E-state index in [0.717, 1.165) is 46.6 Å². The zero-order valence-electron chi connectivity index (χ0n) is 22.4. The van der Waals surface area contributed by atoms with Crippen LogP contribution in [0.15, 0.2) is 78.9 Å². The van der Waals surface area contributed by atoms with E-state index in [2.05, 4.69) is 24.4 Å². The summed E-state index contributed by atoms with van der Waals surface area (Å²) in [5.74, 6) is -0.396. The van der Waals surface area contributed by atoms with Crippen LogP contribution in [-0.2, 0) is 9.53 Å². The number of hydrogen-bond donors (Lipinski definition) is 5. The predicted octanol–water partition coefficient (Wildman–Crippen LogP) is 2.92. The predicted molar refractivity (Wildman–Crippen MR) is 150 cm³/mol. The van der Waals surface area contributed by atoms with Gasteiger partial charge in [-0.05, 0) is 65.6 Å². The van der Waals surface area contributed by atoms with Gasteiger partial charge in [-0.1, -0.05) is 61.5 Å². The summed E-state index contributed by atoms with van der Waals surface area (Å²) in [6.45, 7) is 3.41. The minimum Gasteiger partial charge on any atom is -0.492 e. The molecule has 0 amide bonds. The Morgan fingerprint density at radius 2 is 1.43 bits per heavy atom. The van der Waals surface area contributed by atoms with Gasteiger partial charge in [-0.15, -0.1) is 0 Å². The van der Waals surface area contributed by atoms with Crippen molar-refractivity contribution in [3.63, 3.8) is 0 Å². The van der Waals surface area contributed by atoms with Gasteiger partial charge in [-0.2, -0.15) is 0 Å². The largest absolute Gasteiger partial charge is 0.492 e. The second-order valence-electron chi connectivity index (χ2n) is 9.43. The smallest absolute Gasteiger partial charge is 0.335 e. The number of aliphatic carboxylic acids is 1. The minimum absolute atomic E-state index is 0.297. The van der Waals surface area contributed by atoms with E-state index in [-0.39, 0.29) is 0 Å². The molecule has 4 rings (SSSR count). The minimum atomic E-state index is -1.78. The molecule has 5 atom stereocenters. The molecule has 9 heteroatoms. The second kappa shape index (κ2) is 13.6. The molecule has 1 fully saturated rings. The van der Waals surface area contributed by atoms with E-state index in [0.29, 0.717) is 12.4 Å². The molecule has 1 aliphatic rings. The fraction of sp³-hybridized carbons (Fsp3) is 0.323. The molecule has 1 aliphatic heterocycles. The van der Waals surface area contributed by atoms with E-state index < -0.39 is 36.7 Å². The molecule has 1 saturated heterocycles. The summed E-state index contributed by atoms with van der Waals surface area (Å²) in [5, 5.41) is 42.7. The number of rotatable bonds is 11. The Hall–Kier alpha value is -3.73. The summed E-state index contributed by atoms with van der Waals surface area (Å²) in [6.07, 6.45) is -7.60. The average Bonchev–Trinajstić information content (AvgIpc) is 2.97. The Labute approximate surface area is 233 Å². The summed E-state index contributed by atoms with van der Waals surface area (Å²) in [5.41, 5.74) is 5.19. The lowest BCUT2D eigenvalue weighted by molar-refractivity contribution is -0.271. The number of carbonyl (C=O) groups is 1. The molecule has 3 aromatic carbocycles. The molecule has 1 heterocycles. The van der Waals surface area contributed by atoms with Crippen molar-refractivity contribution in [2.45, 2.75) is 44.1 Å². The lowest BCUT2D eigenvalue weighted by atomic mass is 9.88. The van der Waals surface area contributed by atoms with Gasteiger partial charge >= 0.3 is 5.97 Å². The summed E-state index contributed by atoms with van der Waals surface area (Å²) in [6, 6.07) is 25.2. The molecular weight excluding hydrogens is 514 g/mol. The molecule has 5 N–H and O–H groups in total. The number of ether oxygens (including phenoxy) is 3. The number of carboxylic acid groups (broad SMARTS) is 1. The zero-order valence-corrected chi connectivity index (χ0v) is 22.4. The second-order valence-corrected chi connectivity index (χ2v) is 9.43. The molecule has 0 radical (unpaired) electrons. The highest BCUT2D eigenvalue weighted by Gasteiger charge is 2.48. The number of hydrogen-bond acceptors (Lipinski definition) is 8. The molecule has 1 unspecified atom stereocenters.